The number of nitrogens with one attached hydrogen (secondary N) is 1. The van der Waals surface area contributed by atoms with Gasteiger partial charge in [-0.3, -0.25) is 14.5 Å². The second-order valence-electron chi connectivity index (χ2n) is 13.2. The Balaban J connectivity index is 1.25. The molecule has 0 radical (unpaired) electrons. The Morgan fingerprint density at radius 2 is 1.84 bits per heavy atom. The van der Waals surface area contributed by atoms with Crippen LogP contribution in [0.25, 0.3) is 0 Å². The maximum absolute atomic E-state index is 16.1. The van der Waals surface area contributed by atoms with E-state index in [1.54, 1.807) is 0 Å². The lowest BCUT2D eigenvalue weighted by Crippen LogP contribution is -2.73. The molecule has 4 aliphatic heterocycles. The number of amides is 1. The Labute approximate surface area is 225 Å². The third-order valence-electron chi connectivity index (χ3n) is 11.2. The Morgan fingerprint density at radius 3 is 2.55 bits per heavy atom. The number of Topliss-reactive ketones (excluding diaryl/α,β-unsaturated/α-hetero) is 1. The maximum atomic E-state index is 16.1. The normalized spacial score (nSPS) is 46.9. The summed E-state index contributed by atoms with van der Waals surface area (Å²) >= 11 is 0. The Bertz CT molecular complexity index is 993. The fourth-order valence-electron chi connectivity index (χ4n) is 9.29. The first-order valence-electron chi connectivity index (χ1n) is 15.2. The van der Waals surface area contributed by atoms with E-state index < -0.39 is 12.1 Å². The van der Waals surface area contributed by atoms with Crippen molar-refractivity contribution in [1.82, 2.24) is 20.0 Å². The zero-order chi connectivity index (χ0) is 26.1. The van der Waals surface area contributed by atoms with Crippen molar-refractivity contribution in [3.63, 3.8) is 0 Å². The van der Waals surface area contributed by atoms with E-state index in [0.717, 1.165) is 32.2 Å². The van der Waals surface area contributed by atoms with Crippen molar-refractivity contribution >= 4 is 11.7 Å². The molecule has 0 spiro atoms. The third kappa shape index (κ3) is 4.06. The number of likely N-dealkylation sites (tertiary alicyclic amines) is 2. The molecule has 210 valence electrons. The number of carbonyl (C=O) groups excluding carboxylic acids is 2. The molecule has 3 saturated carbocycles. The van der Waals surface area contributed by atoms with Crippen LogP contribution < -0.4 is 11.1 Å². The van der Waals surface area contributed by atoms with Gasteiger partial charge >= 0.3 is 0 Å². The number of hydrogen-bond donors (Lipinski definition) is 2. The minimum Gasteiger partial charge on any atom is -0.369 e. The molecule has 3 saturated heterocycles. The van der Waals surface area contributed by atoms with Crippen molar-refractivity contribution in [2.24, 2.45) is 23.5 Å². The van der Waals surface area contributed by atoms with Crippen LogP contribution in [0.2, 0.25) is 0 Å². The van der Waals surface area contributed by atoms with Crippen LogP contribution in [0.1, 0.15) is 57.8 Å². The first-order valence-corrected chi connectivity index (χ1v) is 15.2. The fraction of sp³-hybridized carbons (Fsp3) is 0.862. The van der Waals surface area contributed by atoms with Gasteiger partial charge in [0.1, 0.15) is 6.17 Å². The quantitative estimate of drug-likeness (QED) is 0.535. The summed E-state index contributed by atoms with van der Waals surface area (Å²) in [5, 5.41) is 3.26. The van der Waals surface area contributed by atoms with E-state index in [1.807, 2.05) is 18.1 Å². The molecule has 7 aliphatic rings. The van der Waals surface area contributed by atoms with Crippen LogP contribution >= 0.6 is 0 Å². The van der Waals surface area contributed by atoms with Crippen molar-refractivity contribution in [2.75, 3.05) is 33.2 Å². The van der Waals surface area contributed by atoms with Gasteiger partial charge in [0.25, 0.3) is 5.91 Å². The molecule has 1 amide bonds. The molecule has 0 aromatic rings. The van der Waals surface area contributed by atoms with Gasteiger partial charge in [-0.2, -0.15) is 0 Å². The van der Waals surface area contributed by atoms with Gasteiger partial charge in [0, 0.05) is 50.4 Å². The smallest absolute Gasteiger partial charge is 0.259 e. The lowest BCUT2D eigenvalue weighted by molar-refractivity contribution is -0.219. The van der Waals surface area contributed by atoms with Gasteiger partial charge in [0.15, 0.2) is 5.78 Å². The standard InChI is InChI=1S/C29H44FN5O3/c1-32-19-7-9-34(14-19)29(37)21-15-35-23-10-16-4-2-3-5-17(16)11-24(23)38-28-25(35)20(27(21)36)12-22(30)26(28)33-8-6-18(31)13-33/h15-20,22-26,28,32H,2-14,31H2,1H3. The van der Waals surface area contributed by atoms with Gasteiger partial charge in [0.05, 0.1) is 35.9 Å². The van der Waals surface area contributed by atoms with E-state index in [9.17, 15) is 9.59 Å². The first kappa shape index (κ1) is 25.4. The minimum absolute atomic E-state index is 0.0154. The second-order valence-corrected chi connectivity index (χ2v) is 13.2. The van der Waals surface area contributed by atoms with Crippen molar-refractivity contribution in [1.29, 1.82) is 0 Å². The molecule has 6 fully saturated rings. The lowest BCUT2D eigenvalue weighted by atomic mass is 9.64. The van der Waals surface area contributed by atoms with Gasteiger partial charge in [-0.15, -0.1) is 0 Å². The molecule has 3 N–H and O–H groups in total. The monoisotopic (exact) mass is 529 g/mol. The highest BCUT2D eigenvalue weighted by Crippen LogP contribution is 2.51. The fourth-order valence-corrected chi connectivity index (χ4v) is 9.29. The zero-order valence-corrected chi connectivity index (χ0v) is 22.6. The van der Waals surface area contributed by atoms with E-state index in [2.05, 4.69) is 15.1 Å². The van der Waals surface area contributed by atoms with Crippen molar-refractivity contribution < 1.29 is 18.7 Å². The van der Waals surface area contributed by atoms with E-state index in [0.29, 0.717) is 31.5 Å². The molecule has 38 heavy (non-hydrogen) atoms. The van der Waals surface area contributed by atoms with E-state index in [4.69, 9.17) is 10.5 Å². The van der Waals surface area contributed by atoms with Crippen LogP contribution in [0.3, 0.4) is 0 Å². The number of ketones is 1. The number of carbonyl (C=O) groups is 2. The summed E-state index contributed by atoms with van der Waals surface area (Å²) in [4.78, 5) is 34.0. The average Bonchev–Trinajstić information content (AvgIpc) is 3.57. The van der Waals surface area contributed by atoms with Crippen molar-refractivity contribution in [2.45, 2.75) is 106 Å². The SMILES string of the molecule is CNC1CCN(C(=O)C2=CN3C4CC5CCCCC5CC4OC4C(N5CCC(N)C5)C(F)CC(C2=O)C43)C1. The van der Waals surface area contributed by atoms with Gasteiger partial charge in [-0.1, -0.05) is 25.7 Å². The maximum Gasteiger partial charge on any atom is 0.259 e. The van der Waals surface area contributed by atoms with Gasteiger partial charge in [-0.25, -0.2) is 4.39 Å². The molecule has 0 aromatic heterocycles. The molecular weight excluding hydrogens is 485 g/mol. The Morgan fingerprint density at radius 1 is 1.05 bits per heavy atom. The molecule has 0 aromatic carbocycles. The summed E-state index contributed by atoms with van der Waals surface area (Å²) < 4.78 is 23.1. The predicted octanol–water partition coefficient (Wildman–Crippen LogP) is 1.44. The molecule has 0 bridgehead atoms. The molecule has 9 heteroatoms. The Hall–Kier alpha value is -1.55. The summed E-state index contributed by atoms with van der Waals surface area (Å²) in [5.74, 6) is 0.440. The van der Waals surface area contributed by atoms with Crippen LogP contribution in [0.5, 0.6) is 0 Å². The van der Waals surface area contributed by atoms with Crippen LogP contribution in [0.15, 0.2) is 11.8 Å². The highest BCUT2D eigenvalue weighted by Gasteiger charge is 2.61. The molecule has 8 nitrogen and oxygen atoms in total. The summed E-state index contributed by atoms with van der Waals surface area (Å²) in [6.07, 6.45) is 9.40. The number of hydrogen-bond acceptors (Lipinski definition) is 7. The predicted molar refractivity (Wildman–Crippen MR) is 141 cm³/mol. The molecule has 3 aliphatic carbocycles. The number of nitrogens with zero attached hydrogens (tertiary/aromatic N) is 3. The Kier molecular flexibility index (Phi) is 6.57. The average molecular weight is 530 g/mol. The van der Waals surface area contributed by atoms with Crippen LogP contribution in [-0.2, 0) is 14.3 Å². The number of morpholine rings is 1. The summed E-state index contributed by atoms with van der Waals surface area (Å²) in [6.45, 7) is 2.71. The topological polar surface area (TPSA) is 91.1 Å². The first-order chi connectivity index (χ1) is 18.4. The van der Waals surface area contributed by atoms with Crippen molar-refractivity contribution in [3.05, 3.63) is 11.8 Å². The van der Waals surface area contributed by atoms with Crippen LogP contribution in [-0.4, -0.2) is 108 Å². The number of likely N-dealkylation sites (N-methyl/N-ethyl adjacent to an activating group) is 1. The number of fused-ring (bicyclic) bond motifs is 3. The zero-order valence-electron chi connectivity index (χ0n) is 22.6. The molecule has 7 rings (SSSR count). The van der Waals surface area contributed by atoms with E-state index >= 15 is 4.39 Å². The number of nitrogens with two attached hydrogens (primary N) is 1. The largest absolute Gasteiger partial charge is 0.369 e. The van der Waals surface area contributed by atoms with Gasteiger partial charge in [-0.05, 0) is 51.0 Å². The lowest BCUT2D eigenvalue weighted by Gasteiger charge is -2.61. The molecular formula is C29H44FN5O3. The van der Waals surface area contributed by atoms with Gasteiger partial charge in [0.2, 0.25) is 0 Å². The van der Waals surface area contributed by atoms with Crippen LogP contribution in [0, 0.1) is 17.8 Å². The summed E-state index contributed by atoms with van der Waals surface area (Å²) in [7, 11) is 1.91. The number of halogens is 1. The van der Waals surface area contributed by atoms with E-state index in [-0.39, 0.29) is 66.1 Å². The number of rotatable bonds is 3. The summed E-state index contributed by atoms with van der Waals surface area (Å²) in [5.41, 5.74) is 6.51. The second kappa shape index (κ2) is 9.82. The molecule has 4 heterocycles. The third-order valence-corrected chi connectivity index (χ3v) is 11.2. The van der Waals surface area contributed by atoms with E-state index in [1.165, 1.54) is 25.7 Å². The number of ether oxygens (including phenoxy) is 1. The highest BCUT2D eigenvalue weighted by atomic mass is 19.1. The highest BCUT2D eigenvalue weighted by molar-refractivity contribution is 6.20. The van der Waals surface area contributed by atoms with Crippen molar-refractivity contribution in [3.8, 4) is 0 Å². The van der Waals surface area contributed by atoms with Crippen LogP contribution in [0.4, 0.5) is 4.39 Å². The minimum atomic E-state index is -1.17. The van der Waals surface area contributed by atoms with Gasteiger partial charge < -0.3 is 25.6 Å². The molecule has 11 atom stereocenters. The summed E-state index contributed by atoms with van der Waals surface area (Å²) in [6, 6.07) is -0.134. The number of alkyl halides is 1. The molecule has 11 unspecified atom stereocenters.